The van der Waals surface area contributed by atoms with E-state index in [1.54, 1.807) is 48.5 Å². The van der Waals surface area contributed by atoms with Crippen molar-refractivity contribution in [1.82, 2.24) is 5.32 Å². The molecule has 0 aromatic heterocycles. The second kappa shape index (κ2) is 14.3. The van der Waals surface area contributed by atoms with Crippen molar-refractivity contribution < 1.29 is 48.3 Å². The van der Waals surface area contributed by atoms with Crippen LogP contribution in [0.1, 0.15) is 32.8 Å². The van der Waals surface area contributed by atoms with Crippen molar-refractivity contribution >= 4 is 41.3 Å². The van der Waals surface area contributed by atoms with Crippen molar-refractivity contribution in [2.75, 3.05) is 12.3 Å². The monoisotopic (exact) mass is 590 g/mol. The van der Waals surface area contributed by atoms with Gasteiger partial charge < -0.3 is 40.2 Å². The fourth-order valence-corrected chi connectivity index (χ4v) is 5.49. The summed E-state index contributed by atoms with van der Waals surface area (Å²) in [6.07, 6.45) is -6.50. The van der Waals surface area contributed by atoms with Crippen LogP contribution >= 0.6 is 11.8 Å². The average Bonchev–Trinajstić information content (AvgIpc) is 2.92. The molecule has 222 valence electrons. The first-order valence-electron chi connectivity index (χ1n) is 12.8. The van der Waals surface area contributed by atoms with Crippen LogP contribution in [-0.2, 0) is 44.7 Å². The van der Waals surface area contributed by atoms with Gasteiger partial charge in [-0.25, -0.2) is 4.79 Å². The normalized spacial score (nSPS) is 23.5. The predicted octanol–water partition coefficient (Wildman–Crippen LogP) is 1.31. The summed E-state index contributed by atoms with van der Waals surface area (Å²) in [5.74, 6) is -2.82. The van der Waals surface area contributed by atoms with E-state index in [0.717, 1.165) is 25.6 Å². The molecular weight excluding hydrogens is 556 g/mol. The van der Waals surface area contributed by atoms with Gasteiger partial charge in [0.15, 0.2) is 0 Å². The van der Waals surface area contributed by atoms with Crippen LogP contribution in [-0.4, -0.2) is 76.0 Å². The van der Waals surface area contributed by atoms with Crippen molar-refractivity contribution in [3.8, 4) is 0 Å². The number of benzene rings is 2. The Kier molecular flexibility index (Phi) is 11.1. The largest absolute Gasteiger partial charge is 0.463 e. The second-order valence-electron chi connectivity index (χ2n) is 9.51. The van der Waals surface area contributed by atoms with Crippen molar-refractivity contribution in [3.05, 3.63) is 60.2 Å². The molecule has 0 saturated carbocycles. The quantitative estimate of drug-likeness (QED) is 0.167. The van der Waals surface area contributed by atoms with Crippen molar-refractivity contribution in [3.63, 3.8) is 0 Å². The Labute approximate surface area is 241 Å². The molecule has 1 fully saturated rings. The highest BCUT2D eigenvalue weighted by atomic mass is 32.2. The first kappa shape index (κ1) is 31.9. The van der Waals surface area contributed by atoms with E-state index in [1.165, 1.54) is 6.92 Å². The summed E-state index contributed by atoms with van der Waals surface area (Å²) in [7, 11) is 0. The number of rotatable bonds is 11. The fraction of sp³-hybridized carbons (Fsp3) is 0.429. The third kappa shape index (κ3) is 8.92. The van der Waals surface area contributed by atoms with E-state index >= 15 is 0 Å². The number of carbonyl (C=O) groups excluding carboxylic acids is 4. The minimum Gasteiger partial charge on any atom is -0.463 e. The van der Waals surface area contributed by atoms with Gasteiger partial charge in [0, 0.05) is 37.8 Å². The number of amides is 1. The lowest BCUT2D eigenvalue weighted by molar-refractivity contribution is -0.215. The predicted molar refractivity (Wildman–Crippen MR) is 147 cm³/mol. The average molecular weight is 591 g/mol. The van der Waals surface area contributed by atoms with Crippen LogP contribution in [0, 0.1) is 0 Å². The van der Waals surface area contributed by atoms with E-state index in [0.29, 0.717) is 16.1 Å². The highest BCUT2D eigenvalue weighted by molar-refractivity contribution is 8.01. The zero-order chi connectivity index (χ0) is 30.2. The first-order valence-corrected chi connectivity index (χ1v) is 13.6. The number of nitrogens with one attached hydrogen (secondary N) is 1. The van der Waals surface area contributed by atoms with Crippen LogP contribution in [0.15, 0.2) is 59.5 Å². The standard InChI is InChI=1S/C28H34N2O10S/c1-16(31)30-24-23(39-18(3)33)13-28(41-21-11-9-20(29)10-12-21,27(36)38-14-19-7-5-4-6-8-19)40-26(24)25(35)22(34)15-37-17(2)32/h4-12,22-26,34-35H,13-15,29H2,1-3H3,(H,30,31)/t22-,23+,24-,25-,26-,28+/m1/s1. The Bertz CT molecular complexity index is 1210. The Hall–Kier alpha value is -3.65. The summed E-state index contributed by atoms with van der Waals surface area (Å²) in [4.78, 5) is 48.0. The van der Waals surface area contributed by atoms with E-state index in [2.05, 4.69) is 5.32 Å². The van der Waals surface area contributed by atoms with Crippen LogP contribution in [0.4, 0.5) is 5.69 Å². The zero-order valence-corrected chi connectivity index (χ0v) is 23.7. The molecule has 0 spiro atoms. The third-order valence-electron chi connectivity index (χ3n) is 6.11. The van der Waals surface area contributed by atoms with Gasteiger partial charge in [-0.3, -0.25) is 14.4 Å². The molecule has 2 aromatic rings. The molecule has 2 aromatic carbocycles. The maximum atomic E-state index is 13.8. The van der Waals surface area contributed by atoms with Gasteiger partial charge in [-0.15, -0.1) is 0 Å². The number of aliphatic hydroxyl groups excluding tert-OH is 2. The SMILES string of the molecule is CC(=O)N[C@H]1[C@H]([C@H](O)[C@H](O)COC(C)=O)O[C@@](Sc2ccc(N)cc2)(C(=O)OCc2ccccc2)C[C@@H]1OC(C)=O. The minimum absolute atomic E-state index is 0.108. The van der Waals surface area contributed by atoms with E-state index < -0.39 is 65.8 Å². The Morgan fingerprint density at radius 1 is 1.02 bits per heavy atom. The van der Waals surface area contributed by atoms with E-state index in [4.69, 9.17) is 24.7 Å². The molecule has 0 unspecified atom stereocenters. The lowest BCUT2D eigenvalue weighted by Gasteiger charge is -2.48. The van der Waals surface area contributed by atoms with Crippen LogP contribution < -0.4 is 11.1 Å². The third-order valence-corrected chi connectivity index (χ3v) is 7.38. The molecule has 3 rings (SSSR count). The number of carbonyl (C=O) groups is 4. The molecule has 1 aliphatic heterocycles. The number of hydrogen-bond acceptors (Lipinski definition) is 12. The topological polar surface area (TPSA) is 184 Å². The van der Waals surface area contributed by atoms with Gasteiger partial charge in [-0.05, 0) is 29.8 Å². The second-order valence-corrected chi connectivity index (χ2v) is 10.8. The molecule has 1 heterocycles. The molecule has 1 saturated heterocycles. The number of nitrogens with two attached hydrogens (primary N) is 1. The van der Waals surface area contributed by atoms with Gasteiger partial charge in [0.25, 0.3) is 0 Å². The molecule has 6 atom stereocenters. The fourth-order valence-electron chi connectivity index (χ4n) is 4.28. The first-order chi connectivity index (χ1) is 19.4. The number of anilines is 1. The van der Waals surface area contributed by atoms with Crippen molar-refractivity contribution in [1.29, 1.82) is 0 Å². The number of hydrogen-bond donors (Lipinski definition) is 4. The van der Waals surface area contributed by atoms with Crippen LogP contribution in [0.2, 0.25) is 0 Å². The maximum Gasteiger partial charge on any atom is 0.349 e. The van der Waals surface area contributed by atoms with Crippen molar-refractivity contribution in [2.45, 2.75) is 74.1 Å². The molecule has 0 radical (unpaired) electrons. The van der Waals surface area contributed by atoms with Gasteiger partial charge in [0.1, 0.15) is 37.6 Å². The van der Waals surface area contributed by atoms with Gasteiger partial charge in [-0.1, -0.05) is 42.1 Å². The molecule has 5 N–H and O–H groups in total. The Balaban J connectivity index is 2.06. The van der Waals surface area contributed by atoms with Gasteiger partial charge in [0.2, 0.25) is 10.8 Å². The van der Waals surface area contributed by atoms with Crippen LogP contribution in [0.25, 0.3) is 0 Å². The molecular formula is C28H34N2O10S. The minimum atomic E-state index is -1.92. The van der Waals surface area contributed by atoms with Gasteiger partial charge in [-0.2, -0.15) is 0 Å². The summed E-state index contributed by atoms with van der Waals surface area (Å²) in [6.45, 7) is 2.79. The van der Waals surface area contributed by atoms with Crippen LogP contribution in [0.5, 0.6) is 0 Å². The molecule has 0 bridgehead atoms. The number of ether oxygens (including phenoxy) is 4. The molecule has 12 nitrogen and oxygen atoms in total. The number of aliphatic hydroxyl groups is 2. The lowest BCUT2D eigenvalue weighted by atomic mass is 9.89. The molecule has 13 heteroatoms. The van der Waals surface area contributed by atoms with Gasteiger partial charge >= 0.3 is 17.9 Å². The molecule has 1 aliphatic rings. The van der Waals surface area contributed by atoms with E-state index in [1.807, 2.05) is 6.07 Å². The van der Waals surface area contributed by atoms with Gasteiger partial charge in [0.05, 0.1) is 6.04 Å². The van der Waals surface area contributed by atoms with E-state index in [-0.39, 0.29) is 13.0 Å². The number of thioether (sulfide) groups is 1. The highest BCUT2D eigenvalue weighted by Crippen LogP contribution is 2.45. The molecule has 41 heavy (non-hydrogen) atoms. The summed E-state index contributed by atoms with van der Waals surface area (Å²) in [5, 5.41) is 24.4. The Morgan fingerprint density at radius 2 is 1.68 bits per heavy atom. The summed E-state index contributed by atoms with van der Waals surface area (Å²) < 4.78 is 22.3. The number of esters is 3. The number of nitrogen functional groups attached to an aromatic ring is 1. The highest BCUT2D eigenvalue weighted by Gasteiger charge is 2.57. The maximum absolute atomic E-state index is 13.8. The summed E-state index contributed by atoms with van der Waals surface area (Å²) in [5.41, 5.74) is 7.00. The summed E-state index contributed by atoms with van der Waals surface area (Å²) in [6, 6.07) is 14.3. The van der Waals surface area contributed by atoms with Crippen LogP contribution in [0.3, 0.4) is 0 Å². The smallest absolute Gasteiger partial charge is 0.349 e. The molecule has 0 aliphatic carbocycles. The zero-order valence-electron chi connectivity index (χ0n) is 22.9. The van der Waals surface area contributed by atoms with E-state index in [9.17, 15) is 29.4 Å². The molecule has 1 amide bonds. The summed E-state index contributed by atoms with van der Waals surface area (Å²) >= 11 is 0.932. The lowest BCUT2D eigenvalue weighted by Crippen LogP contribution is -2.67. The van der Waals surface area contributed by atoms with Crippen molar-refractivity contribution in [2.24, 2.45) is 0 Å². The Morgan fingerprint density at radius 3 is 2.27 bits per heavy atom.